The van der Waals surface area contributed by atoms with Crippen molar-refractivity contribution in [1.82, 2.24) is 16.0 Å². The van der Waals surface area contributed by atoms with E-state index in [0.29, 0.717) is 0 Å². The van der Waals surface area contributed by atoms with Gasteiger partial charge in [0.1, 0.15) is 12.1 Å². The van der Waals surface area contributed by atoms with Crippen molar-refractivity contribution in [2.45, 2.75) is 24.9 Å². The van der Waals surface area contributed by atoms with E-state index in [2.05, 4.69) is 20.7 Å². The first-order chi connectivity index (χ1) is 9.43. The third-order valence-corrected chi connectivity index (χ3v) is 2.81. The second-order valence-electron chi connectivity index (χ2n) is 4.25. The number of ether oxygens (including phenoxy) is 1. The minimum absolute atomic E-state index is 0.00200. The standard InChI is InChI=1S/C11H17N3O6/c1-20-9(16)3-2-6(11(18)19)14-10(17)7-4-13-8(15)5-12-7/h6-7,12H,2-5H2,1H3,(H,13,15)(H,14,17)(H,18,19)/t6-,7?/m0/s1. The van der Waals surface area contributed by atoms with Gasteiger partial charge in [0.15, 0.2) is 0 Å². The number of carboxylic acid groups (broad SMARTS) is 1. The van der Waals surface area contributed by atoms with Crippen molar-refractivity contribution in [2.75, 3.05) is 20.2 Å². The molecule has 1 saturated heterocycles. The van der Waals surface area contributed by atoms with Crippen molar-refractivity contribution in [1.29, 1.82) is 0 Å². The number of hydrogen-bond donors (Lipinski definition) is 4. The van der Waals surface area contributed by atoms with Crippen LogP contribution in [0.2, 0.25) is 0 Å². The highest BCUT2D eigenvalue weighted by molar-refractivity contribution is 5.89. The fraction of sp³-hybridized carbons (Fsp3) is 0.636. The maximum atomic E-state index is 11.8. The minimum Gasteiger partial charge on any atom is -0.480 e. The van der Waals surface area contributed by atoms with E-state index in [9.17, 15) is 19.2 Å². The van der Waals surface area contributed by atoms with Gasteiger partial charge >= 0.3 is 11.9 Å². The molecule has 9 heteroatoms. The topological polar surface area (TPSA) is 134 Å². The Bertz CT molecular complexity index is 401. The number of esters is 1. The van der Waals surface area contributed by atoms with Gasteiger partial charge in [-0.15, -0.1) is 0 Å². The fourth-order valence-electron chi connectivity index (χ4n) is 1.65. The Balaban J connectivity index is 2.48. The molecule has 0 aromatic heterocycles. The Kier molecular flexibility index (Phi) is 5.91. The van der Waals surface area contributed by atoms with Crippen molar-refractivity contribution in [3.8, 4) is 0 Å². The molecule has 0 radical (unpaired) electrons. The molecule has 2 amide bonds. The summed E-state index contributed by atoms with van der Waals surface area (Å²) in [5.74, 6) is -2.55. The molecule has 0 aliphatic carbocycles. The summed E-state index contributed by atoms with van der Waals surface area (Å²) in [5, 5.41) is 16.5. The number of carbonyl (C=O) groups excluding carboxylic acids is 3. The van der Waals surface area contributed by atoms with Gasteiger partial charge in [0, 0.05) is 13.0 Å². The zero-order valence-electron chi connectivity index (χ0n) is 11.0. The molecule has 0 bridgehead atoms. The van der Waals surface area contributed by atoms with Gasteiger partial charge in [-0.25, -0.2) is 4.79 Å². The Morgan fingerprint density at radius 1 is 1.50 bits per heavy atom. The molecular weight excluding hydrogens is 270 g/mol. The van der Waals surface area contributed by atoms with Gasteiger partial charge in [0.05, 0.1) is 13.7 Å². The molecule has 20 heavy (non-hydrogen) atoms. The molecule has 112 valence electrons. The number of amides is 2. The predicted octanol–water partition coefficient (Wildman–Crippen LogP) is -2.40. The summed E-state index contributed by atoms with van der Waals surface area (Å²) in [6.45, 7) is 0.0893. The van der Waals surface area contributed by atoms with E-state index < -0.39 is 29.9 Å². The predicted molar refractivity (Wildman–Crippen MR) is 65.6 cm³/mol. The zero-order chi connectivity index (χ0) is 15.1. The van der Waals surface area contributed by atoms with E-state index in [1.165, 1.54) is 7.11 Å². The van der Waals surface area contributed by atoms with Crippen molar-refractivity contribution < 1.29 is 29.0 Å². The monoisotopic (exact) mass is 287 g/mol. The molecule has 1 unspecified atom stereocenters. The first-order valence-electron chi connectivity index (χ1n) is 6.04. The van der Waals surface area contributed by atoms with Crippen molar-refractivity contribution in [3.63, 3.8) is 0 Å². The maximum Gasteiger partial charge on any atom is 0.326 e. The highest BCUT2D eigenvalue weighted by Gasteiger charge is 2.28. The molecule has 2 atom stereocenters. The number of nitrogens with one attached hydrogen (secondary N) is 3. The number of piperazine rings is 1. The second-order valence-corrected chi connectivity index (χ2v) is 4.25. The van der Waals surface area contributed by atoms with Gasteiger partial charge in [-0.05, 0) is 6.42 Å². The van der Waals surface area contributed by atoms with Gasteiger partial charge < -0.3 is 20.5 Å². The minimum atomic E-state index is -1.23. The summed E-state index contributed by atoms with van der Waals surface area (Å²) < 4.78 is 4.41. The summed E-state index contributed by atoms with van der Waals surface area (Å²) in [4.78, 5) is 44.7. The number of aliphatic carboxylic acids is 1. The van der Waals surface area contributed by atoms with Crippen LogP contribution in [0.5, 0.6) is 0 Å². The number of methoxy groups -OCH3 is 1. The molecule has 1 fully saturated rings. The lowest BCUT2D eigenvalue weighted by Crippen LogP contribution is -2.59. The van der Waals surface area contributed by atoms with Gasteiger partial charge in [-0.2, -0.15) is 0 Å². The van der Waals surface area contributed by atoms with Crippen molar-refractivity contribution in [3.05, 3.63) is 0 Å². The quantitative estimate of drug-likeness (QED) is 0.400. The molecule has 1 heterocycles. The molecular formula is C11H17N3O6. The maximum absolute atomic E-state index is 11.8. The summed E-state index contributed by atoms with van der Waals surface area (Å²) in [7, 11) is 1.20. The van der Waals surface area contributed by atoms with Gasteiger partial charge in [-0.1, -0.05) is 0 Å². The summed E-state index contributed by atoms with van der Waals surface area (Å²) in [6, 6.07) is -1.87. The van der Waals surface area contributed by atoms with Crippen molar-refractivity contribution >= 4 is 23.8 Å². The van der Waals surface area contributed by atoms with E-state index in [-0.39, 0.29) is 31.8 Å². The largest absolute Gasteiger partial charge is 0.480 e. The van der Waals surface area contributed by atoms with E-state index >= 15 is 0 Å². The molecule has 0 saturated carbocycles. The molecule has 0 aromatic carbocycles. The Morgan fingerprint density at radius 2 is 2.20 bits per heavy atom. The van der Waals surface area contributed by atoms with Crippen LogP contribution in [0.4, 0.5) is 0 Å². The lowest BCUT2D eigenvalue weighted by atomic mass is 10.1. The summed E-state index contributed by atoms with van der Waals surface area (Å²) in [6.07, 6.45) is -0.171. The highest BCUT2D eigenvalue weighted by Crippen LogP contribution is 2.01. The lowest BCUT2D eigenvalue weighted by Gasteiger charge is -2.24. The first kappa shape index (κ1) is 15.9. The number of carboxylic acids is 1. The van der Waals surface area contributed by atoms with Crippen LogP contribution in [0, 0.1) is 0 Å². The first-order valence-corrected chi connectivity index (χ1v) is 6.04. The van der Waals surface area contributed by atoms with E-state index in [1.54, 1.807) is 0 Å². The third kappa shape index (κ3) is 4.84. The summed E-state index contributed by atoms with van der Waals surface area (Å²) in [5.41, 5.74) is 0. The van der Waals surface area contributed by atoms with E-state index in [0.717, 1.165) is 0 Å². The smallest absolute Gasteiger partial charge is 0.326 e. The molecule has 0 spiro atoms. The van der Waals surface area contributed by atoms with Gasteiger partial charge in [0.2, 0.25) is 11.8 Å². The average molecular weight is 287 g/mol. The van der Waals surface area contributed by atoms with Gasteiger partial charge in [-0.3, -0.25) is 19.7 Å². The van der Waals surface area contributed by atoms with Crippen LogP contribution in [0.15, 0.2) is 0 Å². The molecule has 1 aliphatic heterocycles. The molecule has 0 aromatic rings. The van der Waals surface area contributed by atoms with Crippen LogP contribution in [-0.4, -0.2) is 61.1 Å². The number of rotatable bonds is 6. The lowest BCUT2D eigenvalue weighted by molar-refractivity contribution is -0.144. The molecule has 9 nitrogen and oxygen atoms in total. The van der Waals surface area contributed by atoms with E-state index in [4.69, 9.17) is 5.11 Å². The number of hydrogen-bond acceptors (Lipinski definition) is 6. The average Bonchev–Trinajstić information content (AvgIpc) is 2.43. The Labute approximate surface area is 115 Å². The fourth-order valence-corrected chi connectivity index (χ4v) is 1.65. The molecule has 4 N–H and O–H groups in total. The Hall–Kier alpha value is -2.16. The van der Waals surface area contributed by atoms with Crippen LogP contribution in [0.1, 0.15) is 12.8 Å². The van der Waals surface area contributed by atoms with Crippen molar-refractivity contribution in [2.24, 2.45) is 0 Å². The second kappa shape index (κ2) is 7.43. The normalized spacial score (nSPS) is 19.6. The summed E-state index contributed by atoms with van der Waals surface area (Å²) >= 11 is 0. The van der Waals surface area contributed by atoms with Crippen LogP contribution in [0.3, 0.4) is 0 Å². The van der Waals surface area contributed by atoms with Crippen LogP contribution in [0.25, 0.3) is 0 Å². The van der Waals surface area contributed by atoms with Crippen LogP contribution in [-0.2, 0) is 23.9 Å². The zero-order valence-corrected chi connectivity index (χ0v) is 11.0. The molecule has 1 aliphatic rings. The molecule has 1 rings (SSSR count). The van der Waals surface area contributed by atoms with Crippen LogP contribution >= 0.6 is 0 Å². The van der Waals surface area contributed by atoms with E-state index in [1.807, 2.05) is 0 Å². The van der Waals surface area contributed by atoms with Crippen LogP contribution < -0.4 is 16.0 Å². The highest BCUT2D eigenvalue weighted by atomic mass is 16.5. The van der Waals surface area contributed by atoms with Gasteiger partial charge in [0.25, 0.3) is 0 Å². The Morgan fingerprint density at radius 3 is 2.70 bits per heavy atom. The number of carbonyl (C=O) groups is 4. The SMILES string of the molecule is COC(=O)CC[C@H](NC(=O)C1CNC(=O)CN1)C(=O)O. The third-order valence-electron chi connectivity index (χ3n) is 2.81.